The molecule has 0 aliphatic carbocycles. The molecule has 1 aliphatic rings. The Hall–Kier alpha value is -2.58. The van der Waals surface area contributed by atoms with Crippen LogP contribution in [0.5, 0.6) is 0 Å². The third-order valence-electron chi connectivity index (χ3n) is 4.35. The summed E-state index contributed by atoms with van der Waals surface area (Å²) in [6, 6.07) is 8.03. The first-order valence-corrected chi connectivity index (χ1v) is 9.09. The minimum atomic E-state index is -0.244. The third kappa shape index (κ3) is 6.26. The van der Waals surface area contributed by atoms with E-state index < -0.39 is 0 Å². The average Bonchev–Trinajstić information content (AvgIpc) is 2.70. The molecule has 1 fully saturated rings. The monoisotopic (exact) mass is 373 g/mol. The predicted molar refractivity (Wildman–Crippen MR) is 100 cm³/mol. The van der Waals surface area contributed by atoms with Gasteiger partial charge in [0.1, 0.15) is 23.7 Å². The number of aromatic nitrogens is 2. The molecular formula is C19H24FN5O2. The zero-order chi connectivity index (χ0) is 18.9. The number of ether oxygens (including phenoxy) is 1. The van der Waals surface area contributed by atoms with E-state index in [2.05, 4.69) is 25.5 Å². The quantitative estimate of drug-likeness (QED) is 0.727. The van der Waals surface area contributed by atoms with E-state index in [1.807, 2.05) is 0 Å². The summed E-state index contributed by atoms with van der Waals surface area (Å²) in [6.07, 6.45) is 2.10. The Morgan fingerprint density at radius 2 is 1.93 bits per heavy atom. The summed E-state index contributed by atoms with van der Waals surface area (Å²) in [4.78, 5) is 22.7. The predicted octanol–water partition coefficient (Wildman–Crippen LogP) is 1.33. The summed E-state index contributed by atoms with van der Waals surface area (Å²) in [6.45, 7) is 5.26. The van der Waals surface area contributed by atoms with Gasteiger partial charge in [-0.25, -0.2) is 14.4 Å². The Bertz CT molecular complexity index is 735. The van der Waals surface area contributed by atoms with Crippen molar-refractivity contribution in [3.8, 4) is 0 Å². The smallest absolute Gasteiger partial charge is 0.270 e. The summed E-state index contributed by atoms with van der Waals surface area (Å²) < 4.78 is 18.2. The summed E-state index contributed by atoms with van der Waals surface area (Å²) in [5, 5.41) is 6.05. The van der Waals surface area contributed by atoms with Gasteiger partial charge in [-0.15, -0.1) is 0 Å². The van der Waals surface area contributed by atoms with Crippen molar-refractivity contribution in [3.63, 3.8) is 0 Å². The number of halogens is 1. The van der Waals surface area contributed by atoms with Crippen LogP contribution in [0.15, 0.2) is 36.7 Å². The van der Waals surface area contributed by atoms with Crippen molar-refractivity contribution in [3.05, 3.63) is 53.7 Å². The van der Waals surface area contributed by atoms with E-state index in [0.29, 0.717) is 24.6 Å². The highest BCUT2D eigenvalue weighted by Crippen LogP contribution is 2.07. The van der Waals surface area contributed by atoms with Gasteiger partial charge in [0, 0.05) is 38.8 Å². The molecule has 1 saturated heterocycles. The maximum Gasteiger partial charge on any atom is 0.270 e. The van der Waals surface area contributed by atoms with E-state index in [1.54, 1.807) is 18.2 Å². The van der Waals surface area contributed by atoms with Crippen molar-refractivity contribution < 1.29 is 13.9 Å². The SMILES string of the molecule is O=C(NCCN1CCOCC1)c1cc(NCCc2ccc(F)cc2)ncn1. The van der Waals surface area contributed by atoms with Gasteiger partial charge in [0.05, 0.1) is 13.2 Å². The van der Waals surface area contributed by atoms with E-state index in [4.69, 9.17) is 4.74 Å². The summed E-state index contributed by atoms with van der Waals surface area (Å²) in [7, 11) is 0. The Kier molecular flexibility index (Phi) is 7.06. The van der Waals surface area contributed by atoms with Crippen LogP contribution in [0.4, 0.5) is 10.2 Å². The van der Waals surface area contributed by atoms with Crippen LogP contribution >= 0.6 is 0 Å². The molecule has 7 nitrogen and oxygen atoms in total. The van der Waals surface area contributed by atoms with Crippen LogP contribution in [0.1, 0.15) is 16.1 Å². The molecule has 0 unspecified atom stereocenters. The van der Waals surface area contributed by atoms with E-state index in [1.165, 1.54) is 18.5 Å². The maximum atomic E-state index is 12.9. The normalized spacial score (nSPS) is 14.7. The zero-order valence-electron chi connectivity index (χ0n) is 15.2. The second kappa shape index (κ2) is 9.94. The number of nitrogens with zero attached hydrogens (tertiary/aromatic N) is 3. The maximum absolute atomic E-state index is 12.9. The summed E-state index contributed by atoms with van der Waals surface area (Å²) >= 11 is 0. The molecule has 0 spiro atoms. The highest BCUT2D eigenvalue weighted by Gasteiger charge is 2.12. The largest absolute Gasteiger partial charge is 0.379 e. The number of morpholine rings is 1. The lowest BCUT2D eigenvalue weighted by Gasteiger charge is -2.26. The number of benzene rings is 1. The second-order valence-electron chi connectivity index (χ2n) is 6.30. The van der Waals surface area contributed by atoms with E-state index in [9.17, 15) is 9.18 Å². The van der Waals surface area contributed by atoms with Gasteiger partial charge in [-0.05, 0) is 24.1 Å². The molecule has 1 aliphatic heterocycles. The Labute approximate surface area is 158 Å². The van der Waals surface area contributed by atoms with E-state index in [0.717, 1.165) is 44.8 Å². The summed E-state index contributed by atoms with van der Waals surface area (Å²) in [5.41, 5.74) is 1.36. The molecule has 0 saturated carbocycles. The fourth-order valence-electron chi connectivity index (χ4n) is 2.81. The average molecular weight is 373 g/mol. The van der Waals surface area contributed by atoms with Gasteiger partial charge < -0.3 is 15.4 Å². The van der Waals surface area contributed by atoms with Gasteiger partial charge in [-0.3, -0.25) is 9.69 Å². The Morgan fingerprint density at radius 3 is 2.70 bits per heavy atom. The fourth-order valence-corrected chi connectivity index (χ4v) is 2.81. The highest BCUT2D eigenvalue weighted by atomic mass is 19.1. The number of carbonyl (C=O) groups excluding carboxylic acids is 1. The molecule has 8 heteroatoms. The van der Waals surface area contributed by atoms with Crippen LogP contribution in [-0.4, -0.2) is 66.7 Å². The molecule has 1 amide bonds. The van der Waals surface area contributed by atoms with Crippen molar-refractivity contribution >= 4 is 11.7 Å². The molecule has 0 atom stereocenters. The van der Waals surface area contributed by atoms with Crippen molar-refractivity contribution in [2.75, 3.05) is 51.3 Å². The number of nitrogens with one attached hydrogen (secondary N) is 2. The van der Waals surface area contributed by atoms with Crippen LogP contribution in [0.3, 0.4) is 0 Å². The molecule has 144 valence electrons. The first-order chi connectivity index (χ1) is 13.2. The van der Waals surface area contributed by atoms with Crippen LogP contribution in [0, 0.1) is 5.82 Å². The van der Waals surface area contributed by atoms with Gasteiger partial charge in [0.15, 0.2) is 0 Å². The van der Waals surface area contributed by atoms with Gasteiger partial charge >= 0.3 is 0 Å². The minimum Gasteiger partial charge on any atom is -0.379 e. The molecule has 27 heavy (non-hydrogen) atoms. The molecular weight excluding hydrogens is 349 g/mol. The van der Waals surface area contributed by atoms with Gasteiger partial charge in [0.25, 0.3) is 5.91 Å². The van der Waals surface area contributed by atoms with Crippen molar-refractivity contribution in [1.82, 2.24) is 20.2 Å². The topological polar surface area (TPSA) is 79.4 Å². The number of amides is 1. The number of hydrogen-bond donors (Lipinski definition) is 2. The fraction of sp³-hybridized carbons (Fsp3) is 0.421. The van der Waals surface area contributed by atoms with Gasteiger partial charge in [-0.2, -0.15) is 0 Å². The van der Waals surface area contributed by atoms with Crippen LogP contribution in [-0.2, 0) is 11.2 Å². The Morgan fingerprint density at radius 1 is 1.15 bits per heavy atom. The second-order valence-corrected chi connectivity index (χ2v) is 6.30. The molecule has 2 aromatic rings. The first kappa shape index (κ1) is 19.2. The molecule has 3 rings (SSSR count). The van der Waals surface area contributed by atoms with Gasteiger partial charge in [0.2, 0.25) is 0 Å². The number of rotatable bonds is 8. The molecule has 1 aromatic heterocycles. The first-order valence-electron chi connectivity index (χ1n) is 9.09. The van der Waals surface area contributed by atoms with E-state index >= 15 is 0 Å². The highest BCUT2D eigenvalue weighted by molar-refractivity contribution is 5.92. The lowest BCUT2D eigenvalue weighted by atomic mass is 10.1. The standard InChI is InChI=1S/C19H24FN5O2/c20-16-3-1-15(2-4-16)5-6-21-18-13-17(23-14-24-18)19(26)22-7-8-25-9-11-27-12-10-25/h1-4,13-14H,5-12H2,(H,22,26)(H,21,23,24). The Balaban J connectivity index is 1.43. The molecule has 0 bridgehead atoms. The molecule has 2 heterocycles. The molecule has 0 radical (unpaired) electrons. The van der Waals surface area contributed by atoms with Crippen molar-refractivity contribution in [1.29, 1.82) is 0 Å². The van der Waals surface area contributed by atoms with Gasteiger partial charge in [-0.1, -0.05) is 12.1 Å². The van der Waals surface area contributed by atoms with E-state index in [-0.39, 0.29) is 11.7 Å². The van der Waals surface area contributed by atoms with Crippen LogP contribution in [0.2, 0.25) is 0 Å². The zero-order valence-corrected chi connectivity index (χ0v) is 15.2. The minimum absolute atomic E-state index is 0.216. The lowest BCUT2D eigenvalue weighted by Crippen LogP contribution is -2.41. The summed E-state index contributed by atoms with van der Waals surface area (Å²) in [5.74, 6) is 0.129. The van der Waals surface area contributed by atoms with Crippen molar-refractivity contribution in [2.24, 2.45) is 0 Å². The number of carbonyl (C=O) groups is 1. The van der Waals surface area contributed by atoms with Crippen molar-refractivity contribution in [2.45, 2.75) is 6.42 Å². The lowest BCUT2D eigenvalue weighted by molar-refractivity contribution is 0.0383. The van der Waals surface area contributed by atoms with Crippen LogP contribution in [0.25, 0.3) is 0 Å². The molecule has 1 aromatic carbocycles. The van der Waals surface area contributed by atoms with Crippen LogP contribution < -0.4 is 10.6 Å². The third-order valence-corrected chi connectivity index (χ3v) is 4.35. The molecule has 2 N–H and O–H groups in total. The number of anilines is 1. The number of hydrogen-bond acceptors (Lipinski definition) is 6.